The molecule has 0 radical (unpaired) electrons. The molecule has 0 spiro atoms. The largest absolute Gasteiger partial charge is 0.336 e. The molecule has 5 rings (SSSR count). The fourth-order valence-electron chi connectivity index (χ4n) is 4.96. The molecule has 1 atom stereocenters. The molecule has 2 aliphatic heterocycles. The van der Waals surface area contributed by atoms with Crippen LogP contribution in [-0.4, -0.2) is 64.5 Å². The molecule has 1 saturated heterocycles. The Balaban J connectivity index is 1.40. The van der Waals surface area contributed by atoms with Gasteiger partial charge in [-0.15, -0.1) is 0 Å². The molecule has 1 unspecified atom stereocenters. The number of benzene rings is 3. The first-order chi connectivity index (χ1) is 17.2. The number of nitrogens with zero attached hydrogens (tertiary/aromatic N) is 2. The van der Waals surface area contributed by atoms with Gasteiger partial charge in [-0.05, 0) is 36.8 Å². The Morgan fingerprint density at radius 3 is 2.22 bits per heavy atom. The Hall–Kier alpha value is -3.01. The number of sulfone groups is 2. The van der Waals surface area contributed by atoms with Gasteiger partial charge in [0, 0.05) is 43.9 Å². The molecule has 36 heavy (non-hydrogen) atoms. The number of rotatable bonds is 5. The number of carbonyl (C=O) groups is 1. The third-order valence-corrected chi connectivity index (χ3v) is 11.0. The summed E-state index contributed by atoms with van der Waals surface area (Å²) < 4.78 is 52.8. The van der Waals surface area contributed by atoms with E-state index >= 15 is 0 Å². The zero-order valence-corrected chi connectivity index (χ0v) is 21.6. The van der Waals surface area contributed by atoms with Gasteiger partial charge in [-0.3, -0.25) is 9.69 Å². The van der Waals surface area contributed by atoms with E-state index in [9.17, 15) is 21.6 Å². The predicted molar refractivity (Wildman–Crippen MR) is 137 cm³/mol. The lowest BCUT2D eigenvalue weighted by Crippen LogP contribution is -2.48. The van der Waals surface area contributed by atoms with Crippen LogP contribution in [0.1, 0.15) is 32.3 Å². The fraction of sp³-hybridized carbons (Fsp3) is 0.296. The van der Waals surface area contributed by atoms with Crippen molar-refractivity contribution < 1.29 is 21.6 Å². The molecular weight excluding hydrogens is 496 g/mol. The molecule has 0 aromatic heterocycles. The van der Waals surface area contributed by atoms with E-state index in [-0.39, 0.29) is 26.8 Å². The number of hydrogen-bond donors (Lipinski definition) is 0. The molecule has 0 N–H and O–H groups in total. The molecule has 0 saturated carbocycles. The van der Waals surface area contributed by atoms with Gasteiger partial charge in [-0.25, -0.2) is 16.8 Å². The third kappa shape index (κ3) is 4.58. The van der Waals surface area contributed by atoms with Crippen LogP contribution < -0.4 is 0 Å². The molecule has 3 aromatic rings. The lowest BCUT2D eigenvalue weighted by atomic mass is 10.0. The van der Waals surface area contributed by atoms with Crippen molar-refractivity contribution in [2.45, 2.75) is 28.5 Å². The molecule has 0 aliphatic carbocycles. The number of fused-ring (bicyclic) bond motifs is 1. The van der Waals surface area contributed by atoms with Gasteiger partial charge >= 0.3 is 0 Å². The van der Waals surface area contributed by atoms with Crippen LogP contribution in [0.5, 0.6) is 0 Å². The number of hydrogen-bond acceptors (Lipinski definition) is 6. The summed E-state index contributed by atoms with van der Waals surface area (Å²) in [5.41, 5.74) is 2.68. The van der Waals surface area contributed by atoms with Crippen molar-refractivity contribution in [3.05, 3.63) is 95.1 Å². The van der Waals surface area contributed by atoms with Gasteiger partial charge in [0.05, 0.1) is 15.5 Å². The van der Waals surface area contributed by atoms with E-state index in [0.717, 1.165) is 6.54 Å². The van der Waals surface area contributed by atoms with E-state index in [1.54, 1.807) is 29.2 Å². The van der Waals surface area contributed by atoms with Gasteiger partial charge in [0.1, 0.15) is 5.25 Å². The second kappa shape index (κ2) is 9.46. The van der Waals surface area contributed by atoms with Crippen LogP contribution >= 0.6 is 0 Å². The summed E-state index contributed by atoms with van der Waals surface area (Å²) >= 11 is 0. The summed E-state index contributed by atoms with van der Waals surface area (Å²) in [7, 11) is -7.85. The smallest absolute Gasteiger partial charge is 0.254 e. The molecule has 188 valence electrons. The monoisotopic (exact) mass is 524 g/mol. The number of carbonyl (C=O) groups excluding carboxylic acids is 1. The summed E-state index contributed by atoms with van der Waals surface area (Å²) in [6.45, 7) is 5.17. The number of amides is 1. The van der Waals surface area contributed by atoms with Gasteiger partial charge in [-0.2, -0.15) is 0 Å². The minimum atomic E-state index is -4.01. The Kier molecular flexibility index (Phi) is 6.48. The van der Waals surface area contributed by atoms with Gasteiger partial charge in [0.15, 0.2) is 19.7 Å². The molecule has 0 bridgehead atoms. The topological polar surface area (TPSA) is 91.8 Å². The van der Waals surface area contributed by atoms with Crippen molar-refractivity contribution in [1.29, 1.82) is 0 Å². The maximum absolute atomic E-state index is 13.6. The van der Waals surface area contributed by atoms with Crippen molar-refractivity contribution in [2.24, 2.45) is 0 Å². The lowest BCUT2D eigenvalue weighted by molar-refractivity contribution is 0.0627. The molecule has 9 heteroatoms. The second-order valence-electron chi connectivity index (χ2n) is 9.40. The highest BCUT2D eigenvalue weighted by atomic mass is 32.2. The summed E-state index contributed by atoms with van der Waals surface area (Å²) in [4.78, 5) is 17.6. The normalized spacial score (nSPS) is 19.7. The predicted octanol–water partition coefficient (Wildman–Crippen LogP) is 3.26. The van der Waals surface area contributed by atoms with E-state index in [2.05, 4.69) is 36.1 Å². The summed E-state index contributed by atoms with van der Waals surface area (Å²) in [5, 5.41) is -1.32. The van der Waals surface area contributed by atoms with Crippen LogP contribution in [0, 0.1) is 6.92 Å². The van der Waals surface area contributed by atoms with E-state index < -0.39 is 30.7 Å². The molecule has 7 nitrogen and oxygen atoms in total. The first kappa shape index (κ1) is 24.7. The quantitative estimate of drug-likeness (QED) is 0.509. The minimum absolute atomic E-state index is 0.0463. The van der Waals surface area contributed by atoms with E-state index in [4.69, 9.17) is 0 Å². The Morgan fingerprint density at radius 2 is 1.56 bits per heavy atom. The van der Waals surface area contributed by atoms with Crippen molar-refractivity contribution in [2.75, 3.05) is 31.9 Å². The van der Waals surface area contributed by atoms with Gasteiger partial charge < -0.3 is 4.90 Å². The Morgan fingerprint density at radius 1 is 0.889 bits per heavy atom. The maximum atomic E-state index is 13.6. The molecule has 3 aromatic carbocycles. The molecular formula is C27H28N2O5S2. The number of piperazine rings is 1. The van der Waals surface area contributed by atoms with Crippen LogP contribution in [0.25, 0.3) is 0 Å². The highest BCUT2D eigenvalue weighted by Crippen LogP contribution is 2.43. The average Bonchev–Trinajstić information content (AvgIpc) is 3.17. The van der Waals surface area contributed by atoms with Crippen molar-refractivity contribution in [3.63, 3.8) is 0 Å². The van der Waals surface area contributed by atoms with Gasteiger partial charge in [-0.1, -0.05) is 54.1 Å². The molecule has 1 amide bonds. The number of aryl methyl sites for hydroxylation is 1. The van der Waals surface area contributed by atoms with Crippen LogP contribution in [0.15, 0.2) is 82.6 Å². The second-order valence-corrected chi connectivity index (χ2v) is 13.5. The fourth-order valence-corrected chi connectivity index (χ4v) is 9.33. The van der Waals surface area contributed by atoms with Crippen molar-refractivity contribution in [3.8, 4) is 0 Å². The zero-order chi connectivity index (χ0) is 25.5. The highest BCUT2D eigenvalue weighted by Gasteiger charge is 2.45. The standard InChI is InChI=1S/C27H28N2O5S2/c1-20-10-12-21(13-11-20)18-28-14-16-29(17-15-28)27(30)23-8-5-9-24-26(23)25(19-35(24,31)32)36(33,34)22-6-3-2-4-7-22/h2-13,25H,14-19H2,1H3. The summed E-state index contributed by atoms with van der Waals surface area (Å²) in [5.74, 6) is -0.888. The zero-order valence-electron chi connectivity index (χ0n) is 20.0. The van der Waals surface area contributed by atoms with Crippen LogP contribution in [0.3, 0.4) is 0 Å². The van der Waals surface area contributed by atoms with Gasteiger partial charge in [0.2, 0.25) is 0 Å². The van der Waals surface area contributed by atoms with Crippen LogP contribution in [0.2, 0.25) is 0 Å². The SMILES string of the molecule is Cc1ccc(CN2CCN(C(=O)c3cccc4c3C(S(=O)(=O)c3ccccc3)CS4(=O)=O)CC2)cc1. The first-order valence-corrected chi connectivity index (χ1v) is 15.1. The maximum Gasteiger partial charge on any atom is 0.254 e. The molecule has 2 heterocycles. The minimum Gasteiger partial charge on any atom is -0.336 e. The van der Waals surface area contributed by atoms with Crippen molar-refractivity contribution in [1.82, 2.24) is 9.80 Å². The summed E-state index contributed by atoms with van der Waals surface area (Å²) in [6, 6.07) is 20.7. The first-order valence-electron chi connectivity index (χ1n) is 11.9. The van der Waals surface area contributed by atoms with E-state index in [0.29, 0.717) is 26.2 Å². The third-order valence-electron chi connectivity index (χ3n) is 6.96. The van der Waals surface area contributed by atoms with Crippen LogP contribution in [-0.2, 0) is 26.2 Å². The summed E-state index contributed by atoms with van der Waals surface area (Å²) in [6.07, 6.45) is 0. The van der Waals surface area contributed by atoms with E-state index in [1.807, 2.05) is 0 Å². The van der Waals surface area contributed by atoms with Crippen LogP contribution in [0.4, 0.5) is 0 Å². The average molecular weight is 525 g/mol. The Labute approximate surface area is 212 Å². The van der Waals surface area contributed by atoms with Crippen molar-refractivity contribution >= 4 is 25.6 Å². The Bertz CT molecular complexity index is 1490. The highest BCUT2D eigenvalue weighted by molar-refractivity contribution is 7.96. The lowest BCUT2D eigenvalue weighted by Gasteiger charge is -2.35. The van der Waals surface area contributed by atoms with E-state index in [1.165, 1.54) is 35.4 Å². The molecule has 2 aliphatic rings. The molecule has 1 fully saturated rings. The van der Waals surface area contributed by atoms with Gasteiger partial charge in [0.25, 0.3) is 5.91 Å².